The smallest absolute Gasteiger partial charge is 0.459 e. The highest BCUT2D eigenvalue weighted by Gasteiger charge is 2.56. The van der Waals surface area contributed by atoms with Crippen molar-refractivity contribution >= 4 is 19.7 Å². The summed E-state index contributed by atoms with van der Waals surface area (Å²) in [7, 11) is -4.76. The van der Waals surface area contributed by atoms with Crippen molar-refractivity contribution in [1.82, 2.24) is 15.3 Å². The number of allylic oxidation sites excluding steroid dienone is 1. The van der Waals surface area contributed by atoms with Gasteiger partial charge in [-0.2, -0.15) is 5.09 Å². The van der Waals surface area contributed by atoms with Crippen molar-refractivity contribution in [3.05, 3.63) is 54.9 Å². The largest absolute Gasteiger partial charge is 0.462 e. The Hall–Kier alpha value is -2.73. The van der Waals surface area contributed by atoms with Gasteiger partial charge >= 0.3 is 19.7 Å². The van der Waals surface area contributed by atoms with E-state index >= 15 is 0 Å². The summed E-state index contributed by atoms with van der Waals surface area (Å²) < 4.78 is 60.1. The van der Waals surface area contributed by atoms with Crippen LogP contribution < -0.4 is 14.9 Å². The second kappa shape index (κ2) is 11.1. The molecular weight excluding hydrogens is 493 g/mol. The van der Waals surface area contributed by atoms with Crippen LogP contribution in [0.1, 0.15) is 31.8 Å². The van der Waals surface area contributed by atoms with Gasteiger partial charge in [0.25, 0.3) is 0 Å². The highest BCUT2D eigenvalue weighted by molar-refractivity contribution is 7.52. The standard InChI is InChI=1S/C23H32N3O9P/c1-14(2)33-20(28)16(4)25-36(31,35-17-9-7-6-8-10-17)32-13-18-19(27)23(5,30)21(34-18)26-12-11-15(3)24-22(26)29/h6-12,14,16,18-19,21,27,30H,3,13H2,1-2,4-5H3,(H,24,29)(H,25,31)/t16-,18+,19+,21+,23+,36+/m0/s1/i11D,13D2. The Bertz CT molecular complexity index is 1180. The number of amides is 2. The Balaban J connectivity index is 1.90. The van der Waals surface area contributed by atoms with E-state index < -0.39 is 62.5 Å². The van der Waals surface area contributed by atoms with Crippen LogP contribution in [0.25, 0.3) is 0 Å². The van der Waals surface area contributed by atoms with Crippen LogP contribution in [-0.2, 0) is 23.4 Å². The first-order chi connectivity index (χ1) is 18.0. The molecular formula is C23H32N3O9P. The number of carbonyl (C=O) groups is 2. The van der Waals surface area contributed by atoms with Crippen molar-refractivity contribution in [1.29, 1.82) is 0 Å². The number of aliphatic hydroxyl groups is 2. The molecule has 1 saturated heterocycles. The summed E-state index contributed by atoms with van der Waals surface area (Å²) in [6, 6.07) is 5.24. The molecule has 0 aromatic heterocycles. The molecule has 2 heterocycles. The molecule has 0 saturated carbocycles. The summed E-state index contributed by atoms with van der Waals surface area (Å²) in [6.07, 6.45) is -5.23. The van der Waals surface area contributed by atoms with Gasteiger partial charge in [-0.15, -0.1) is 0 Å². The first kappa shape index (κ1) is 23.7. The average molecular weight is 529 g/mol. The number of nitrogens with zero attached hydrogens (tertiary/aromatic N) is 1. The van der Waals surface area contributed by atoms with E-state index in [4.69, 9.17) is 22.6 Å². The molecule has 6 atom stereocenters. The molecule has 2 amide bonds. The number of ether oxygens (including phenoxy) is 2. The topological polar surface area (TPSA) is 156 Å². The quantitative estimate of drug-likeness (QED) is 0.262. The zero-order chi connectivity index (χ0) is 29.3. The molecule has 36 heavy (non-hydrogen) atoms. The Morgan fingerprint density at radius 2 is 2.08 bits per heavy atom. The molecule has 198 valence electrons. The monoisotopic (exact) mass is 528 g/mol. The minimum atomic E-state index is -4.76. The summed E-state index contributed by atoms with van der Waals surface area (Å²) in [6.45, 7) is 5.98. The predicted octanol–water partition coefficient (Wildman–Crippen LogP) is 2.01. The van der Waals surface area contributed by atoms with Crippen LogP contribution in [-0.4, -0.2) is 69.9 Å². The van der Waals surface area contributed by atoms with Gasteiger partial charge in [0.15, 0.2) is 6.23 Å². The molecule has 0 spiro atoms. The third kappa shape index (κ3) is 6.52. The van der Waals surface area contributed by atoms with E-state index in [2.05, 4.69) is 17.0 Å². The van der Waals surface area contributed by atoms with E-state index in [1.807, 2.05) is 0 Å². The van der Waals surface area contributed by atoms with Gasteiger partial charge in [-0.25, -0.2) is 9.36 Å². The first-order valence-electron chi connectivity index (χ1n) is 12.5. The van der Waals surface area contributed by atoms with Gasteiger partial charge in [0.1, 0.15) is 29.6 Å². The molecule has 1 fully saturated rings. The molecule has 12 nitrogen and oxygen atoms in total. The van der Waals surface area contributed by atoms with Crippen LogP contribution in [0.15, 0.2) is 54.9 Å². The van der Waals surface area contributed by atoms with Crippen molar-refractivity contribution in [3.63, 3.8) is 0 Å². The minimum Gasteiger partial charge on any atom is -0.462 e. The summed E-state index contributed by atoms with van der Waals surface area (Å²) in [5, 5.41) is 26.5. The zero-order valence-corrected chi connectivity index (χ0v) is 21.1. The van der Waals surface area contributed by atoms with E-state index in [-0.39, 0.29) is 17.5 Å². The average Bonchev–Trinajstić information content (AvgIpc) is 3.05. The van der Waals surface area contributed by atoms with Crippen LogP contribution in [0.5, 0.6) is 5.75 Å². The molecule has 2 aliphatic heterocycles. The van der Waals surface area contributed by atoms with Crippen molar-refractivity contribution in [2.45, 2.75) is 63.9 Å². The first-order valence-corrected chi connectivity index (χ1v) is 12.6. The van der Waals surface area contributed by atoms with E-state index in [9.17, 15) is 24.4 Å². The SMILES string of the molecule is [2H]C1=CN([C@@H]2O[C@H](C([2H])([2H])O[P@](=O)(N[C@@H](C)C(=O)OC(C)C)Oc3ccccc3)[C@@H](O)[C@@]2(C)O)C(=O)NC1=C. The number of carbonyl (C=O) groups excluding carboxylic acids is 2. The van der Waals surface area contributed by atoms with Crippen molar-refractivity contribution in [2.75, 3.05) is 6.56 Å². The Kier molecular flexibility index (Phi) is 7.31. The number of hydrogen-bond acceptors (Lipinski definition) is 9. The minimum absolute atomic E-state index is 0.00431. The highest BCUT2D eigenvalue weighted by atomic mass is 31.2. The fraction of sp³-hybridized carbons (Fsp3) is 0.478. The van der Waals surface area contributed by atoms with Crippen LogP contribution in [0.3, 0.4) is 0 Å². The molecule has 0 radical (unpaired) electrons. The lowest BCUT2D eigenvalue weighted by molar-refractivity contribution is -0.149. The molecule has 0 aliphatic carbocycles. The maximum absolute atomic E-state index is 13.8. The second-order valence-electron chi connectivity index (χ2n) is 8.62. The zero-order valence-electron chi connectivity index (χ0n) is 23.2. The number of esters is 1. The third-order valence-corrected chi connectivity index (χ3v) is 6.60. The normalized spacial score (nSPS) is 30.4. The van der Waals surface area contributed by atoms with Crippen molar-refractivity contribution in [2.24, 2.45) is 0 Å². The van der Waals surface area contributed by atoms with Gasteiger partial charge in [-0.1, -0.05) is 24.8 Å². The Morgan fingerprint density at radius 3 is 2.72 bits per heavy atom. The number of hydrogen-bond donors (Lipinski definition) is 4. The Morgan fingerprint density at radius 1 is 1.42 bits per heavy atom. The molecule has 1 aromatic rings. The molecule has 0 bridgehead atoms. The molecule has 4 N–H and O–H groups in total. The number of urea groups is 1. The van der Waals surface area contributed by atoms with E-state index in [1.165, 1.54) is 19.1 Å². The highest BCUT2D eigenvalue weighted by Crippen LogP contribution is 2.46. The maximum atomic E-state index is 13.8. The van der Waals surface area contributed by atoms with Gasteiger partial charge < -0.3 is 29.5 Å². The molecule has 13 heteroatoms. The van der Waals surface area contributed by atoms with Gasteiger partial charge in [-0.05, 0) is 45.9 Å². The van der Waals surface area contributed by atoms with Gasteiger partial charge in [-0.3, -0.25) is 14.2 Å². The lowest BCUT2D eigenvalue weighted by atomic mass is 9.96. The molecule has 2 aliphatic rings. The summed E-state index contributed by atoms with van der Waals surface area (Å²) in [5.74, 6) is -0.813. The number of nitrogens with one attached hydrogen (secondary N) is 2. The number of rotatable bonds is 10. The van der Waals surface area contributed by atoms with Crippen LogP contribution in [0, 0.1) is 0 Å². The molecule has 1 aromatic carbocycles. The van der Waals surface area contributed by atoms with Crippen molar-refractivity contribution < 1.29 is 47.0 Å². The fourth-order valence-corrected chi connectivity index (χ4v) is 4.65. The van der Waals surface area contributed by atoms with E-state index in [0.717, 1.165) is 18.0 Å². The van der Waals surface area contributed by atoms with Crippen molar-refractivity contribution in [3.8, 4) is 5.75 Å². The molecule has 0 unspecified atom stereocenters. The Labute approximate surface area is 213 Å². The van der Waals surface area contributed by atoms with Gasteiger partial charge in [0.2, 0.25) is 0 Å². The predicted molar refractivity (Wildman–Crippen MR) is 128 cm³/mol. The summed E-state index contributed by atoms with van der Waals surface area (Å²) in [4.78, 5) is 25.6. The van der Waals surface area contributed by atoms with Crippen LogP contribution in [0.4, 0.5) is 4.79 Å². The lowest BCUT2D eigenvalue weighted by Gasteiger charge is -2.35. The van der Waals surface area contributed by atoms with Crippen LogP contribution in [0.2, 0.25) is 0 Å². The summed E-state index contributed by atoms with van der Waals surface area (Å²) in [5.41, 5.74) is -2.29. The lowest BCUT2D eigenvalue weighted by Crippen LogP contribution is -2.55. The van der Waals surface area contributed by atoms with Crippen LogP contribution >= 0.6 is 7.75 Å². The van der Waals surface area contributed by atoms with E-state index in [0.29, 0.717) is 0 Å². The number of para-hydroxylation sites is 1. The van der Waals surface area contributed by atoms with Gasteiger partial charge in [0, 0.05) is 11.9 Å². The molecule has 3 rings (SSSR count). The fourth-order valence-electron chi connectivity index (χ4n) is 3.29. The van der Waals surface area contributed by atoms with Gasteiger partial charge in [0.05, 0.1) is 16.8 Å². The third-order valence-electron chi connectivity index (χ3n) is 5.10. The number of aliphatic hydroxyl groups excluding tert-OH is 1. The maximum Gasteiger partial charge on any atom is 0.459 e. The van der Waals surface area contributed by atoms with E-state index in [1.54, 1.807) is 32.0 Å². The summed E-state index contributed by atoms with van der Waals surface area (Å²) >= 11 is 0. The number of benzene rings is 1. The second-order valence-corrected chi connectivity index (χ2v) is 10.2.